The molecule has 9 heteroatoms. The van der Waals surface area contributed by atoms with E-state index in [0.717, 1.165) is 16.3 Å². The smallest absolute Gasteiger partial charge is 0.279 e. The predicted molar refractivity (Wildman–Crippen MR) is 92.6 cm³/mol. The van der Waals surface area contributed by atoms with Crippen LogP contribution in [0, 0.1) is 5.82 Å². The van der Waals surface area contributed by atoms with E-state index in [2.05, 4.69) is 15.0 Å². The molecule has 3 rings (SSSR count). The lowest BCUT2D eigenvalue weighted by Gasteiger charge is -2.26. The molecule has 24 heavy (non-hydrogen) atoms. The summed E-state index contributed by atoms with van der Waals surface area (Å²) in [6.45, 7) is 2.63. The van der Waals surface area contributed by atoms with E-state index in [0.29, 0.717) is 39.1 Å². The van der Waals surface area contributed by atoms with Crippen molar-refractivity contribution in [3.63, 3.8) is 0 Å². The molecule has 0 bridgehead atoms. The third-order valence-corrected chi connectivity index (χ3v) is 6.28. The molecule has 0 radical (unpaired) electrons. The molecule has 0 amide bonds. The predicted octanol–water partition coefficient (Wildman–Crippen LogP) is 1.23. The molecule has 1 aliphatic rings. The highest BCUT2D eigenvalue weighted by molar-refractivity contribution is 7.87. The third-order valence-electron chi connectivity index (χ3n) is 3.72. The van der Waals surface area contributed by atoms with Crippen LogP contribution in [0.5, 0.6) is 0 Å². The number of nitrogens with zero attached hydrogens (tertiary/aromatic N) is 2. The summed E-state index contributed by atoms with van der Waals surface area (Å²) in [4.78, 5) is 4.48. The highest BCUT2D eigenvalue weighted by atomic mass is 32.2. The SMILES string of the molecule is O=S(=O)(NCCc1csc(-c2ccc(F)cc2)n1)N1CCNCC1. The van der Waals surface area contributed by atoms with Crippen LogP contribution in [0.2, 0.25) is 0 Å². The number of aromatic nitrogens is 1. The summed E-state index contributed by atoms with van der Waals surface area (Å²) >= 11 is 1.47. The van der Waals surface area contributed by atoms with Gasteiger partial charge >= 0.3 is 0 Å². The molecule has 2 heterocycles. The van der Waals surface area contributed by atoms with Gasteiger partial charge in [0.15, 0.2) is 0 Å². The van der Waals surface area contributed by atoms with E-state index in [9.17, 15) is 12.8 Å². The average molecular weight is 370 g/mol. The Morgan fingerprint density at radius 2 is 1.96 bits per heavy atom. The van der Waals surface area contributed by atoms with Crippen molar-refractivity contribution in [2.75, 3.05) is 32.7 Å². The molecule has 2 N–H and O–H groups in total. The summed E-state index contributed by atoms with van der Waals surface area (Å²) < 4.78 is 41.4. The van der Waals surface area contributed by atoms with Crippen LogP contribution in [-0.4, -0.2) is 50.4 Å². The maximum absolute atomic E-state index is 12.9. The molecule has 0 unspecified atom stereocenters. The van der Waals surface area contributed by atoms with Crippen molar-refractivity contribution in [3.05, 3.63) is 41.2 Å². The van der Waals surface area contributed by atoms with Crippen molar-refractivity contribution in [1.82, 2.24) is 19.3 Å². The monoisotopic (exact) mass is 370 g/mol. The molecule has 0 aliphatic carbocycles. The fourth-order valence-electron chi connectivity index (χ4n) is 2.43. The van der Waals surface area contributed by atoms with Gasteiger partial charge in [0.2, 0.25) is 0 Å². The van der Waals surface area contributed by atoms with Crippen molar-refractivity contribution in [2.24, 2.45) is 0 Å². The topological polar surface area (TPSA) is 74.3 Å². The lowest BCUT2D eigenvalue weighted by atomic mass is 10.2. The Morgan fingerprint density at radius 1 is 1.25 bits per heavy atom. The zero-order valence-electron chi connectivity index (χ0n) is 13.0. The van der Waals surface area contributed by atoms with Crippen LogP contribution in [-0.2, 0) is 16.6 Å². The van der Waals surface area contributed by atoms with E-state index in [1.54, 1.807) is 12.1 Å². The highest BCUT2D eigenvalue weighted by Crippen LogP contribution is 2.23. The Balaban J connectivity index is 1.54. The number of piperazine rings is 1. The second kappa shape index (κ2) is 7.66. The van der Waals surface area contributed by atoms with Gasteiger partial charge in [-0.05, 0) is 24.3 Å². The molecule has 1 fully saturated rings. The Labute approximate surface area is 144 Å². The van der Waals surface area contributed by atoms with Crippen LogP contribution < -0.4 is 10.0 Å². The van der Waals surface area contributed by atoms with Gasteiger partial charge in [-0.3, -0.25) is 0 Å². The molecule has 2 aromatic rings. The maximum atomic E-state index is 12.9. The summed E-state index contributed by atoms with van der Waals surface area (Å²) in [5.41, 5.74) is 1.68. The average Bonchev–Trinajstić information content (AvgIpc) is 3.05. The van der Waals surface area contributed by atoms with E-state index >= 15 is 0 Å². The fourth-order valence-corrected chi connectivity index (χ4v) is 4.50. The molecule has 1 aromatic heterocycles. The molecular formula is C15H19FN4O2S2. The van der Waals surface area contributed by atoms with E-state index in [-0.39, 0.29) is 5.82 Å². The Hall–Kier alpha value is -1.39. The van der Waals surface area contributed by atoms with E-state index in [4.69, 9.17) is 0 Å². The first-order chi connectivity index (χ1) is 11.5. The van der Waals surface area contributed by atoms with Crippen LogP contribution in [0.15, 0.2) is 29.6 Å². The number of rotatable bonds is 6. The van der Waals surface area contributed by atoms with Crippen LogP contribution in [0.25, 0.3) is 10.6 Å². The molecule has 0 saturated carbocycles. The van der Waals surface area contributed by atoms with Gasteiger partial charge in [0, 0.05) is 50.1 Å². The van der Waals surface area contributed by atoms with Crippen LogP contribution >= 0.6 is 11.3 Å². The van der Waals surface area contributed by atoms with Gasteiger partial charge in [-0.15, -0.1) is 11.3 Å². The quantitative estimate of drug-likeness (QED) is 0.802. The number of halogens is 1. The Kier molecular flexibility index (Phi) is 5.57. The third kappa shape index (κ3) is 4.37. The molecule has 0 atom stereocenters. The lowest BCUT2D eigenvalue weighted by Crippen LogP contribution is -2.50. The van der Waals surface area contributed by atoms with Gasteiger partial charge in [-0.1, -0.05) is 0 Å². The van der Waals surface area contributed by atoms with Gasteiger partial charge in [0.1, 0.15) is 10.8 Å². The first-order valence-electron chi connectivity index (χ1n) is 7.70. The Bertz CT molecular complexity index is 771. The van der Waals surface area contributed by atoms with E-state index in [1.807, 2.05) is 5.38 Å². The Morgan fingerprint density at radius 3 is 2.67 bits per heavy atom. The molecular weight excluding hydrogens is 351 g/mol. The van der Waals surface area contributed by atoms with E-state index in [1.165, 1.54) is 27.8 Å². The van der Waals surface area contributed by atoms with Gasteiger partial charge < -0.3 is 5.32 Å². The van der Waals surface area contributed by atoms with E-state index < -0.39 is 10.2 Å². The number of thiazole rings is 1. The second-order valence-corrected chi connectivity index (χ2v) is 8.06. The lowest BCUT2D eigenvalue weighted by molar-refractivity contribution is 0.355. The first kappa shape index (κ1) is 17.4. The first-order valence-corrected chi connectivity index (χ1v) is 10.0. The van der Waals surface area contributed by atoms with Crippen molar-refractivity contribution in [2.45, 2.75) is 6.42 Å². The van der Waals surface area contributed by atoms with Gasteiger partial charge in [-0.2, -0.15) is 12.7 Å². The fraction of sp³-hybridized carbons (Fsp3) is 0.400. The normalized spacial score (nSPS) is 16.4. The number of nitrogens with one attached hydrogen (secondary N) is 2. The van der Waals surface area contributed by atoms with Crippen LogP contribution in [0.1, 0.15) is 5.69 Å². The summed E-state index contributed by atoms with van der Waals surface area (Å²) in [5.74, 6) is -0.280. The van der Waals surface area contributed by atoms with Gasteiger partial charge in [-0.25, -0.2) is 14.1 Å². The van der Waals surface area contributed by atoms with Crippen molar-refractivity contribution < 1.29 is 12.8 Å². The van der Waals surface area contributed by atoms with Crippen molar-refractivity contribution >= 4 is 21.5 Å². The second-order valence-electron chi connectivity index (χ2n) is 5.45. The summed E-state index contributed by atoms with van der Waals surface area (Å²) in [6.07, 6.45) is 0.517. The molecule has 1 aliphatic heterocycles. The number of hydrogen-bond donors (Lipinski definition) is 2. The van der Waals surface area contributed by atoms with Crippen LogP contribution in [0.4, 0.5) is 4.39 Å². The number of hydrogen-bond acceptors (Lipinski definition) is 5. The largest absolute Gasteiger partial charge is 0.314 e. The van der Waals surface area contributed by atoms with Crippen molar-refractivity contribution in [1.29, 1.82) is 0 Å². The minimum atomic E-state index is -3.43. The zero-order valence-corrected chi connectivity index (χ0v) is 14.7. The maximum Gasteiger partial charge on any atom is 0.279 e. The standard InChI is InChI=1S/C15H19FN4O2S2/c16-13-3-1-12(2-4-13)15-19-14(11-23-15)5-6-18-24(21,22)20-9-7-17-8-10-20/h1-4,11,17-18H,5-10H2. The molecule has 1 saturated heterocycles. The highest BCUT2D eigenvalue weighted by Gasteiger charge is 2.22. The minimum Gasteiger partial charge on any atom is -0.314 e. The van der Waals surface area contributed by atoms with Crippen LogP contribution in [0.3, 0.4) is 0 Å². The van der Waals surface area contributed by atoms with Crippen molar-refractivity contribution in [3.8, 4) is 10.6 Å². The number of benzene rings is 1. The van der Waals surface area contributed by atoms with Gasteiger partial charge in [0.25, 0.3) is 10.2 Å². The molecule has 1 aromatic carbocycles. The minimum absolute atomic E-state index is 0.280. The molecule has 0 spiro atoms. The summed E-state index contributed by atoms with van der Waals surface area (Å²) in [6, 6.07) is 6.17. The zero-order chi connectivity index (χ0) is 17.0. The molecule has 130 valence electrons. The van der Waals surface area contributed by atoms with Gasteiger partial charge in [0.05, 0.1) is 5.69 Å². The summed E-state index contributed by atoms with van der Waals surface area (Å²) in [5, 5.41) is 5.83. The summed E-state index contributed by atoms with van der Waals surface area (Å²) in [7, 11) is -3.43. The molecule has 6 nitrogen and oxygen atoms in total.